The summed E-state index contributed by atoms with van der Waals surface area (Å²) in [6, 6.07) is 14.5. The maximum atomic E-state index is 6.04. The molecule has 0 radical (unpaired) electrons. The molecule has 1 aromatic carbocycles. The fourth-order valence-electron chi connectivity index (χ4n) is 3.55. The Hall–Kier alpha value is -3.58. The van der Waals surface area contributed by atoms with E-state index in [-0.39, 0.29) is 0 Å². The number of nitrogens with two attached hydrogens (primary N) is 2. The highest BCUT2D eigenvalue weighted by Gasteiger charge is 2.18. The van der Waals surface area contributed by atoms with Gasteiger partial charge in [0, 0.05) is 29.1 Å². The molecule has 5 N–H and O–H groups in total. The molecule has 7 heteroatoms. The molecule has 32 heavy (non-hydrogen) atoms. The molecular formula is C25H26N6S. The van der Waals surface area contributed by atoms with Crippen molar-refractivity contribution in [1.29, 1.82) is 0 Å². The molecule has 0 spiro atoms. The first-order valence-corrected chi connectivity index (χ1v) is 11.3. The third-order valence-electron chi connectivity index (χ3n) is 5.15. The summed E-state index contributed by atoms with van der Waals surface area (Å²) in [6.45, 7) is 2.76. The summed E-state index contributed by atoms with van der Waals surface area (Å²) in [5.74, 6) is 1.60. The average molecular weight is 443 g/mol. The summed E-state index contributed by atoms with van der Waals surface area (Å²) in [5.41, 5.74) is 16.0. The number of aromatic nitrogens is 2. The first-order valence-electron chi connectivity index (χ1n) is 10.4. The highest BCUT2D eigenvalue weighted by Crippen LogP contribution is 2.41. The minimum Gasteiger partial charge on any atom is -0.405 e. The van der Waals surface area contributed by atoms with Crippen LogP contribution in [0.4, 0.5) is 11.6 Å². The van der Waals surface area contributed by atoms with Crippen LogP contribution in [0.25, 0.3) is 11.1 Å². The van der Waals surface area contributed by atoms with E-state index in [2.05, 4.69) is 57.5 Å². The number of allylic oxidation sites excluding steroid dienone is 2. The van der Waals surface area contributed by atoms with Crippen LogP contribution in [-0.4, -0.2) is 16.2 Å². The molecule has 2 aromatic heterocycles. The molecule has 1 aliphatic heterocycles. The summed E-state index contributed by atoms with van der Waals surface area (Å²) in [6.07, 6.45) is 11.7. The maximum Gasteiger partial charge on any atom is 0.133 e. The number of thioether (sulfide) groups is 1. The van der Waals surface area contributed by atoms with Gasteiger partial charge in [0.1, 0.15) is 11.6 Å². The van der Waals surface area contributed by atoms with Crippen LogP contribution >= 0.6 is 11.8 Å². The molecule has 6 nitrogen and oxygen atoms in total. The van der Waals surface area contributed by atoms with Gasteiger partial charge in [0.15, 0.2) is 0 Å². The van der Waals surface area contributed by atoms with Gasteiger partial charge < -0.3 is 16.8 Å². The van der Waals surface area contributed by atoms with E-state index < -0.39 is 0 Å². The first-order chi connectivity index (χ1) is 15.6. The average Bonchev–Trinajstić information content (AvgIpc) is 2.95. The van der Waals surface area contributed by atoms with E-state index in [9.17, 15) is 0 Å². The van der Waals surface area contributed by atoms with Gasteiger partial charge in [-0.25, -0.2) is 4.98 Å². The molecule has 0 saturated heterocycles. The Bertz CT molecular complexity index is 1170. The predicted molar refractivity (Wildman–Crippen MR) is 134 cm³/mol. The summed E-state index contributed by atoms with van der Waals surface area (Å²) in [5, 5.41) is 4.50. The second kappa shape index (κ2) is 10.2. The molecule has 0 amide bonds. The highest BCUT2D eigenvalue weighted by molar-refractivity contribution is 8.03. The number of pyridine rings is 2. The standard InChI is InChI=1S/C25H26N6S/c1-17-5-8-25(31-24-13-18(12-23(27)30-24)15-28-11-3-9-26)32-22-14-19(6-7-21(17)22)20-4-2-10-29-16-20/h2-4,6-14,16-17H,5,15,26H2,1H3,(H3,27,30,31). The van der Waals surface area contributed by atoms with Gasteiger partial charge in [0.05, 0.1) is 11.6 Å². The topological polar surface area (TPSA) is 102 Å². The molecule has 1 atom stereocenters. The summed E-state index contributed by atoms with van der Waals surface area (Å²) < 4.78 is 0. The van der Waals surface area contributed by atoms with E-state index in [0.717, 1.165) is 28.1 Å². The molecule has 0 saturated carbocycles. The fourth-order valence-corrected chi connectivity index (χ4v) is 4.70. The maximum absolute atomic E-state index is 6.04. The number of rotatable bonds is 6. The van der Waals surface area contributed by atoms with Crippen molar-refractivity contribution in [3.05, 3.63) is 89.4 Å². The van der Waals surface area contributed by atoms with Crippen LogP contribution in [0, 0.1) is 0 Å². The Kier molecular flexibility index (Phi) is 6.87. The highest BCUT2D eigenvalue weighted by atomic mass is 32.2. The number of aliphatic imine (C=N–C) groups is 1. The van der Waals surface area contributed by atoms with E-state index in [1.807, 2.05) is 24.4 Å². The van der Waals surface area contributed by atoms with E-state index in [4.69, 9.17) is 11.5 Å². The number of nitrogens with zero attached hydrogens (tertiary/aromatic N) is 3. The predicted octanol–water partition coefficient (Wildman–Crippen LogP) is 5.32. The van der Waals surface area contributed by atoms with Crippen LogP contribution in [0.5, 0.6) is 0 Å². The van der Waals surface area contributed by atoms with Crippen molar-refractivity contribution in [3.8, 4) is 11.1 Å². The number of fused-ring (bicyclic) bond motifs is 1. The second-order valence-corrected chi connectivity index (χ2v) is 8.67. The number of benzene rings is 1. The van der Waals surface area contributed by atoms with Gasteiger partial charge in [0.2, 0.25) is 0 Å². The fraction of sp³-hybridized carbons (Fsp3) is 0.160. The Labute approximate surface area is 192 Å². The third-order valence-corrected chi connectivity index (χ3v) is 6.21. The minimum absolute atomic E-state index is 0.425. The lowest BCUT2D eigenvalue weighted by Crippen LogP contribution is -2.02. The van der Waals surface area contributed by atoms with E-state index in [1.54, 1.807) is 30.2 Å². The zero-order valence-electron chi connectivity index (χ0n) is 17.9. The molecule has 1 unspecified atom stereocenters. The van der Waals surface area contributed by atoms with Crippen LogP contribution in [0.3, 0.4) is 0 Å². The molecule has 0 fully saturated rings. The van der Waals surface area contributed by atoms with Crippen molar-refractivity contribution < 1.29 is 0 Å². The molecule has 3 aromatic rings. The zero-order valence-corrected chi connectivity index (χ0v) is 18.7. The van der Waals surface area contributed by atoms with E-state index in [1.165, 1.54) is 16.7 Å². The molecule has 3 heterocycles. The van der Waals surface area contributed by atoms with E-state index >= 15 is 0 Å². The first kappa shape index (κ1) is 21.6. The molecule has 0 bridgehead atoms. The molecule has 162 valence electrons. The number of hydrogen-bond acceptors (Lipinski definition) is 7. The van der Waals surface area contributed by atoms with Crippen LogP contribution < -0.4 is 16.8 Å². The van der Waals surface area contributed by atoms with Gasteiger partial charge in [-0.2, -0.15) is 0 Å². The lowest BCUT2D eigenvalue weighted by Gasteiger charge is -2.14. The van der Waals surface area contributed by atoms with Gasteiger partial charge in [-0.3, -0.25) is 9.98 Å². The van der Waals surface area contributed by atoms with Gasteiger partial charge >= 0.3 is 0 Å². The smallest absolute Gasteiger partial charge is 0.133 e. The van der Waals surface area contributed by atoms with Crippen molar-refractivity contribution >= 4 is 29.6 Å². The normalized spacial score (nSPS) is 16.0. The second-order valence-electron chi connectivity index (χ2n) is 7.59. The Morgan fingerprint density at radius 1 is 1.22 bits per heavy atom. The number of hydrogen-bond donors (Lipinski definition) is 3. The van der Waals surface area contributed by atoms with Crippen LogP contribution in [0.15, 0.2) is 88.1 Å². The Morgan fingerprint density at radius 3 is 2.94 bits per heavy atom. The van der Waals surface area contributed by atoms with E-state index in [0.29, 0.717) is 24.1 Å². The van der Waals surface area contributed by atoms with Gasteiger partial charge in [-0.1, -0.05) is 43.0 Å². The quantitative estimate of drug-likeness (QED) is 0.446. The minimum atomic E-state index is 0.425. The largest absolute Gasteiger partial charge is 0.405 e. The monoisotopic (exact) mass is 442 g/mol. The van der Waals surface area contributed by atoms with Crippen molar-refractivity contribution in [2.45, 2.75) is 30.7 Å². The van der Waals surface area contributed by atoms with Gasteiger partial charge in [0.25, 0.3) is 0 Å². The van der Waals surface area contributed by atoms with Gasteiger partial charge in [-0.15, -0.1) is 0 Å². The van der Waals surface area contributed by atoms with Crippen molar-refractivity contribution in [2.24, 2.45) is 10.7 Å². The number of nitrogens with one attached hydrogen (secondary N) is 1. The lowest BCUT2D eigenvalue weighted by molar-refractivity contribution is 0.766. The summed E-state index contributed by atoms with van der Waals surface area (Å²) >= 11 is 1.72. The zero-order chi connectivity index (χ0) is 22.3. The van der Waals surface area contributed by atoms with Crippen LogP contribution in [0.1, 0.15) is 30.4 Å². The van der Waals surface area contributed by atoms with Crippen LogP contribution in [0.2, 0.25) is 0 Å². The molecule has 4 rings (SSSR count). The Balaban J connectivity index is 1.57. The van der Waals surface area contributed by atoms with Crippen molar-refractivity contribution in [3.63, 3.8) is 0 Å². The van der Waals surface area contributed by atoms with Crippen molar-refractivity contribution in [1.82, 2.24) is 9.97 Å². The Morgan fingerprint density at radius 2 is 2.12 bits per heavy atom. The molecule has 0 aliphatic carbocycles. The lowest BCUT2D eigenvalue weighted by atomic mass is 9.95. The van der Waals surface area contributed by atoms with Gasteiger partial charge in [-0.05, 0) is 65.6 Å². The third kappa shape index (κ3) is 5.36. The summed E-state index contributed by atoms with van der Waals surface area (Å²) in [4.78, 5) is 14.3. The summed E-state index contributed by atoms with van der Waals surface area (Å²) in [7, 11) is 0. The molecule has 1 aliphatic rings. The van der Waals surface area contributed by atoms with Crippen LogP contribution in [-0.2, 0) is 6.54 Å². The number of anilines is 2. The molecular weight excluding hydrogens is 416 g/mol. The number of nitrogen functional groups attached to an aromatic ring is 1. The SMILES string of the molecule is CC1CC=C(Nc2cc(CN=CC=CN)cc(N)n2)Sc2cc(-c3cccnc3)ccc21. The van der Waals surface area contributed by atoms with Crippen molar-refractivity contribution in [2.75, 3.05) is 11.1 Å².